The minimum Gasteiger partial charge on any atom is -0.456 e. The van der Waals surface area contributed by atoms with E-state index in [1.54, 1.807) is 0 Å². The first-order valence-corrected chi connectivity index (χ1v) is 21.2. The number of benzene rings is 8. The summed E-state index contributed by atoms with van der Waals surface area (Å²) in [6, 6.07) is 66.6. The highest BCUT2D eigenvalue weighted by molar-refractivity contribution is 6.13. The Balaban J connectivity index is 1.06. The van der Waals surface area contributed by atoms with E-state index in [1.807, 2.05) is 42.5 Å². The highest BCUT2D eigenvalue weighted by Crippen LogP contribution is 2.42. The van der Waals surface area contributed by atoms with Crippen LogP contribution in [0, 0.1) is 0 Å². The monoisotopic (exact) mass is 794 g/mol. The molecule has 3 aromatic heterocycles. The number of para-hydroxylation sites is 1. The number of aromatic nitrogens is 4. The van der Waals surface area contributed by atoms with Gasteiger partial charge in [-0.05, 0) is 77.1 Å². The van der Waals surface area contributed by atoms with E-state index < -0.39 is 0 Å². The van der Waals surface area contributed by atoms with Crippen molar-refractivity contribution in [2.24, 2.45) is 0 Å². The zero-order chi connectivity index (χ0) is 41.0. The predicted molar refractivity (Wildman–Crippen MR) is 255 cm³/mol. The fraction of sp³-hybridized carbons (Fsp3) is 0.0351. The van der Waals surface area contributed by atoms with Crippen molar-refractivity contribution in [2.75, 3.05) is 0 Å². The maximum atomic E-state index is 6.57. The maximum Gasteiger partial charge on any atom is 0.164 e. The van der Waals surface area contributed by atoms with Crippen LogP contribution in [0.1, 0.15) is 18.7 Å². The van der Waals surface area contributed by atoms with Crippen molar-refractivity contribution in [3.05, 3.63) is 212 Å². The number of hydrogen-bond donors (Lipinski definition) is 0. The van der Waals surface area contributed by atoms with Crippen LogP contribution in [0.25, 0.3) is 111 Å². The Morgan fingerprint density at radius 3 is 1.87 bits per heavy atom. The van der Waals surface area contributed by atoms with E-state index in [2.05, 4.69) is 168 Å². The molecule has 12 rings (SSSR count). The van der Waals surface area contributed by atoms with Gasteiger partial charge in [-0.1, -0.05) is 170 Å². The maximum absolute atomic E-state index is 6.57. The minimum absolute atomic E-state index is 0.614. The number of nitrogens with zero attached hydrogens (tertiary/aromatic N) is 4. The third-order valence-corrected chi connectivity index (χ3v) is 12.1. The molecule has 0 aliphatic heterocycles. The Hall–Kier alpha value is -8.15. The summed E-state index contributed by atoms with van der Waals surface area (Å²) in [4.78, 5) is 15.2. The number of furan rings is 1. The van der Waals surface area contributed by atoms with Gasteiger partial charge >= 0.3 is 0 Å². The van der Waals surface area contributed by atoms with Crippen molar-refractivity contribution in [2.45, 2.75) is 12.8 Å². The third-order valence-electron chi connectivity index (χ3n) is 12.1. The molecule has 0 amide bonds. The molecule has 0 bridgehead atoms. The zero-order valence-electron chi connectivity index (χ0n) is 33.7. The van der Waals surface area contributed by atoms with Crippen molar-refractivity contribution in [1.29, 1.82) is 0 Å². The Morgan fingerprint density at radius 2 is 1.06 bits per heavy atom. The molecule has 0 unspecified atom stereocenters. The summed E-state index contributed by atoms with van der Waals surface area (Å²) in [5.74, 6) is 1.92. The van der Waals surface area contributed by atoms with Gasteiger partial charge in [-0.25, -0.2) is 15.0 Å². The quantitative estimate of drug-likeness (QED) is 0.161. The molecule has 3 heterocycles. The van der Waals surface area contributed by atoms with E-state index in [-0.39, 0.29) is 0 Å². The fourth-order valence-corrected chi connectivity index (χ4v) is 9.11. The van der Waals surface area contributed by atoms with Gasteiger partial charge in [-0.2, -0.15) is 0 Å². The average Bonchev–Trinajstić information content (AvgIpc) is 3.90. The Labute approximate surface area is 358 Å². The number of fused-ring (bicyclic) bond motifs is 6. The molecule has 0 saturated carbocycles. The van der Waals surface area contributed by atoms with E-state index in [0.29, 0.717) is 17.5 Å². The van der Waals surface area contributed by atoms with E-state index in [1.165, 1.54) is 21.9 Å². The number of rotatable bonds is 7. The van der Waals surface area contributed by atoms with Gasteiger partial charge in [0, 0.05) is 43.8 Å². The van der Waals surface area contributed by atoms with E-state index in [4.69, 9.17) is 19.4 Å². The largest absolute Gasteiger partial charge is 0.456 e. The first-order chi connectivity index (χ1) is 30.7. The van der Waals surface area contributed by atoms with Crippen LogP contribution in [0.15, 0.2) is 211 Å². The highest BCUT2D eigenvalue weighted by Gasteiger charge is 2.21. The molecule has 0 saturated heterocycles. The second-order valence-corrected chi connectivity index (χ2v) is 15.9. The summed E-state index contributed by atoms with van der Waals surface area (Å²) in [6.07, 6.45) is 8.49. The number of allylic oxidation sites excluding steroid dienone is 4. The normalized spacial score (nSPS) is 12.7. The van der Waals surface area contributed by atoms with Gasteiger partial charge in [0.25, 0.3) is 0 Å². The van der Waals surface area contributed by atoms with Crippen molar-refractivity contribution >= 4 is 49.3 Å². The molecule has 5 nitrogen and oxygen atoms in total. The first kappa shape index (κ1) is 35.8. The average molecular weight is 795 g/mol. The second-order valence-electron chi connectivity index (χ2n) is 15.9. The molecular weight excluding hydrogens is 757 g/mol. The Morgan fingerprint density at radius 1 is 0.403 bits per heavy atom. The van der Waals surface area contributed by atoms with Crippen LogP contribution in [0.4, 0.5) is 0 Å². The molecule has 8 aromatic carbocycles. The highest BCUT2D eigenvalue weighted by atomic mass is 16.3. The molecule has 0 radical (unpaired) electrons. The van der Waals surface area contributed by atoms with Gasteiger partial charge in [0.05, 0.1) is 16.7 Å². The lowest BCUT2D eigenvalue weighted by molar-refractivity contribution is 0.669. The molecule has 292 valence electrons. The number of hydrogen-bond acceptors (Lipinski definition) is 4. The van der Waals surface area contributed by atoms with Gasteiger partial charge < -0.3 is 8.98 Å². The van der Waals surface area contributed by atoms with Crippen LogP contribution in [0.2, 0.25) is 0 Å². The lowest BCUT2D eigenvalue weighted by Crippen LogP contribution is -2.03. The lowest BCUT2D eigenvalue weighted by Gasteiger charge is -2.17. The lowest BCUT2D eigenvalue weighted by atomic mass is 9.96. The van der Waals surface area contributed by atoms with E-state index >= 15 is 0 Å². The molecule has 62 heavy (non-hydrogen) atoms. The molecule has 0 N–H and O–H groups in total. The molecule has 0 spiro atoms. The molecule has 0 fully saturated rings. The van der Waals surface area contributed by atoms with Gasteiger partial charge in [-0.3, -0.25) is 0 Å². The Kier molecular flexibility index (Phi) is 8.56. The summed E-state index contributed by atoms with van der Waals surface area (Å²) >= 11 is 0. The predicted octanol–water partition coefficient (Wildman–Crippen LogP) is 14.9. The molecular formula is C57H38N4O. The Bertz CT molecular complexity index is 3560. The van der Waals surface area contributed by atoms with Crippen molar-refractivity contribution in [1.82, 2.24) is 19.5 Å². The SMILES string of the molecule is C1=CC(c2nc(-c3ccccc3)nc(-c3cccc4oc5ccc(-c6ccc(-c7ccccc7)c(-n7c8ccccc8c8ccc(-c9ccccc9)cc87)c6)cc5c34)n2)=CCC1. The first-order valence-electron chi connectivity index (χ1n) is 21.2. The zero-order valence-corrected chi connectivity index (χ0v) is 33.7. The minimum atomic E-state index is 0.614. The van der Waals surface area contributed by atoms with Crippen LogP contribution >= 0.6 is 0 Å². The smallest absolute Gasteiger partial charge is 0.164 e. The van der Waals surface area contributed by atoms with Crippen LogP contribution in [-0.4, -0.2) is 19.5 Å². The molecule has 11 aromatic rings. The van der Waals surface area contributed by atoms with Crippen LogP contribution < -0.4 is 0 Å². The van der Waals surface area contributed by atoms with Gasteiger partial charge in [0.2, 0.25) is 0 Å². The van der Waals surface area contributed by atoms with Gasteiger partial charge in [-0.15, -0.1) is 0 Å². The van der Waals surface area contributed by atoms with Gasteiger partial charge in [0.1, 0.15) is 11.2 Å². The summed E-state index contributed by atoms with van der Waals surface area (Å²) in [7, 11) is 0. The second kappa shape index (κ2) is 14.8. The van der Waals surface area contributed by atoms with Crippen molar-refractivity contribution < 1.29 is 4.42 Å². The third kappa shape index (κ3) is 6.13. The van der Waals surface area contributed by atoms with Crippen molar-refractivity contribution in [3.8, 4) is 61.8 Å². The fourth-order valence-electron chi connectivity index (χ4n) is 9.11. The molecule has 0 atom stereocenters. The summed E-state index contributed by atoms with van der Waals surface area (Å²) in [5, 5.41) is 4.42. The summed E-state index contributed by atoms with van der Waals surface area (Å²) < 4.78 is 9.02. The molecule has 1 aliphatic rings. The van der Waals surface area contributed by atoms with E-state index in [0.717, 1.165) is 90.5 Å². The summed E-state index contributed by atoms with van der Waals surface area (Å²) in [5.41, 5.74) is 14.8. The molecule has 1 aliphatic carbocycles. The van der Waals surface area contributed by atoms with Crippen LogP contribution in [0.5, 0.6) is 0 Å². The topological polar surface area (TPSA) is 56.7 Å². The van der Waals surface area contributed by atoms with E-state index in [9.17, 15) is 0 Å². The van der Waals surface area contributed by atoms with Gasteiger partial charge in [0.15, 0.2) is 17.5 Å². The standard InChI is InChI=1S/C57H38N4O/c1-5-16-37(17-6-1)42-29-32-46-45-24-13-14-26-49(45)61(51(46)35-42)50-36-43(28-31-44(50)38-18-7-2-8-19-38)41-30-33-52-48(34-41)54-47(25-15-27-53(54)62-52)57-59-55(39-20-9-3-10-21-39)58-56(60-57)40-22-11-4-12-23-40/h1-3,5-11,13-36H,4,12H2. The van der Waals surface area contributed by atoms with Crippen LogP contribution in [0.3, 0.4) is 0 Å². The molecule has 5 heteroatoms. The van der Waals surface area contributed by atoms with Crippen molar-refractivity contribution in [3.63, 3.8) is 0 Å². The van der Waals surface area contributed by atoms with Crippen LogP contribution in [-0.2, 0) is 0 Å². The summed E-state index contributed by atoms with van der Waals surface area (Å²) in [6.45, 7) is 0.